The van der Waals surface area contributed by atoms with Crippen LogP contribution in [0.4, 0.5) is 11.4 Å². The first kappa shape index (κ1) is 22.7. The van der Waals surface area contributed by atoms with Crippen LogP contribution in [-0.2, 0) is 4.79 Å². The van der Waals surface area contributed by atoms with Crippen LogP contribution in [0.1, 0.15) is 41.9 Å². The van der Waals surface area contributed by atoms with E-state index in [0.717, 1.165) is 18.5 Å². The molecular weight excluding hydrogens is 414 g/mol. The molecule has 0 aliphatic heterocycles. The van der Waals surface area contributed by atoms with E-state index in [0.29, 0.717) is 30.0 Å². The summed E-state index contributed by atoms with van der Waals surface area (Å²) in [7, 11) is 1.35. The first-order valence-corrected chi connectivity index (χ1v) is 10.2. The number of nitro groups is 1. The van der Waals surface area contributed by atoms with Crippen molar-refractivity contribution in [2.45, 2.75) is 32.6 Å². The molecule has 0 unspecified atom stereocenters. The van der Waals surface area contributed by atoms with Crippen LogP contribution in [0.25, 0.3) is 5.65 Å². The van der Waals surface area contributed by atoms with Gasteiger partial charge in [0.1, 0.15) is 11.3 Å². The molecule has 10 nitrogen and oxygen atoms in total. The Morgan fingerprint density at radius 2 is 2.00 bits per heavy atom. The fraction of sp³-hybridized carbons (Fsp3) is 0.318. The zero-order valence-corrected chi connectivity index (χ0v) is 18.0. The largest absolute Gasteiger partial charge is 0.490 e. The third kappa shape index (κ3) is 5.39. The van der Waals surface area contributed by atoms with E-state index in [2.05, 4.69) is 15.6 Å². The molecule has 10 heteroatoms. The van der Waals surface area contributed by atoms with Gasteiger partial charge in [-0.15, -0.1) is 0 Å². The van der Waals surface area contributed by atoms with Gasteiger partial charge in [0.05, 0.1) is 17.7 Å². The minimum absolute atomic E-state index is 0.133. The van der Waals surface area contributed by atoms with E-state index >= 15 is 0 Å². The minimum atomic E-state index is -0.558. The Balaban J connectivity index is 1.40. The van der Waals surface area contributed by atoms with E-state index in [1.807, 2.05) is 18.2 Å². The number of methoxy groups -OCH3 is 1. The Morgan fingerprint density at radius 1 is 1.19 bits per heavy atom. The van der Waals surface area contributed by atoms with Crippen molar-refractivity contribution < 1.29 is 19.2 Å². The second-order valence-electron chi connectivity index (χ2n) is 7.23. The van der Waals surface area contributed by atoms with Crippen molar-refractivity contribution in [3.05, 3.63) is 64.1 Å². The maximum absolute atomic E-state index is 12.5. The van der Waals surface area contributed by atoms with Crippen LogP contribution in [-0.4, -0.2) is 39.8 Å². The molecule has 0 saturated heterocycles. The minimum Gasteiger partial charge on any atom is -0.490 e. The second kappa shape index (κ2) is 10.4. The van der Waals surface area contributed by atoms with Gasteiger partial charge in [-0.25, -0.2) is 4.98 Å². The highest BCUT2D eigenvalue weighted by atomic mass is 16.6. The maximum atomic E-state index is 12.5. The zero-order chi connectivity index (χ0) is 23.1. The van der Waals surface area contributed by atoms with Crippen LogP contribution >= 0.6 is 0 Å². The van der Waals surface area contributed by atoms with E-state index in [1.54, 1.807) is 23.6 Å². The van der Waals surface area contributed by atoms with Crippen molar-refractivity contribution in [1.29, 1.82) is 0 Å². The number of aryl methyl sites for hydroxylation is 1. The summed E-state index contributed by atoms with van der Waals surface area (Å²) in [4.78, 5) is 39.5. The van der Waals surface area contributed by atoms with Gasteiger partial charge in [-0.2, -0.15) is 0 Å². The van der Waals surface area contributed by atoms with Crippen LogP contribution in [0.5, 0.6) is 5.75 Å². The number of nitro benzene ring substituents is 1. The molecule has 0 bridgehead atoms. The standard InChI is InChI=1S/C22H25N5O5/c1-15-21(26-13-7-5-8-19(26)24-15)22(29)23-12-6-3-4-9-20(28)25-16-10-11-18(32-2)17(14-16)27(30)31/h5,7-8,10-11,13-14H,3-4,6,9,12H2,1-2H3,(H,23,29)(H,25,28). The molecule has 2 N–H and O–H groups in total. The number of fused-ring (bicyclic) bond motifs is 1. The Bertz CT molecular complexity index is 1140. The molecule has 0 fully saturated rings. The topological polar surface area (TPSA) is 128 Å². The molecule has 0 atom stereocenters. The lowest BCUT2D eigenvalue weighted by atomic mass is 10.1. The fourth-order valence-electron chi connectivity index (χ4n) is 3.39. The van der Waals surface area contributed by atoms with Crippen LogP contribution in [0.15, 0.2) is 42.6 Å². The number of hydrogen-bond acceptors (Lipinski definition) is 6. The number of carbonyl (C=O) groups excluding carboxylic acids is 2. The number of unbranched alkanes of at least 4 members (excludes halogenated alkanes) is 2. The highest BCUT2D eigenvalue weighted by molar-refractivity contribution is 5.94. The van der Waals surface area contributed by atoms with Gasteiger partial charge < -0.3 is 15.4 Å². The summed E-state index contributed by atoms with van der Waals surface area (Å²) in [5.41, 5.74) is 2.06. The van der Waals surface area contributed by atoms with Gasteiger partial charge in [0.2, 0.25) is 5.91 Å². The Kier molecular flexibility index (Phi) is 7.37. The predicted molar refractivity (Wildman–Crippen MR) is 119 cm³/mol. The lowest BCUT2D eigenvalue weighted by Gasteiger charge is -2.08. The predicted octanol–water partition coefficient (Wildman–Crippen LogP) is 3.49. The molecule has 2 heterocycles. The number of aromatic nitrogens is 2. The molecule has 0 radical (unpaired) electrons. The van der Waals surface area contributed by atoms with Crippen molar-refractivity contribution in [3.63, 3.8) is 0 Å². The number of anilines is 1. The molecule has 3 rings (SSSR count). The lowest BCUT2D eigenvalue weighted by Crippen LogP contribution is -2.26. The van der Waals surface area contributed by atoms with E-state index in [-0.39, 0.29) is 29.7 Å². The molecule has 1 aromatic carbocycles. The molecule has 0 aliphatic rings. The quantitative estimate of drug-likeness (QED) is 0.283. The molecule has 3 aromatic rings. The number of carbonyl (C=O) groups is 2. The van der Waals surface area contributed by atoms with E-state index < -0.39 is 4.92 Å². The second-order valence-corrected chi connectivity index (χ2v) is 7.23. The van der Waals surface area contributed by atoms with Crippen LogP contribution in [0.2, 0.25) is 0 Å². The summed E-state index contributed by atoms with van der Waals surface area (Å²) in [5.74, 6) is -0.274. The van der Waals surface area contributed by atoms with Gasteiger partial charge >= 0.3 is 5.69 Å². The van der Waals surface area contributed by atoms with E-state index in [1.165, 1.54) is 19.2 Å². The molecule has 2 aromatic heterocycles. The molecule has 0 aliphatic carbocycles. The summed E-state index contributed by atoms with van der Waals surface area (Å²) in [5, 5.41) is 16.6. The lowest BCUT2D eigenvalue weighted by molar-refractivity contribution is -0.385. The van der Waals surface area contributed by atoms with Gasteiger partial charge in [-0.3, -0.25) is 24.1 Å². The summed E-state index contributed by atoms with van der Waals surface area (Å²) in [6, 6.07) is 9.84. The summed E-state index contributed by atoms with van der Waals surface area (Å²) in [6.45, 7) is 2.29. The Hall–Kier alpha value is -3.95. The fourth-order valence-corrected chi connectivity index (χ4v) is 3.39. The highest BCUT2D eigenvalue weighted by Gasteiger charge is 2.17. The van der Waals surface area contributed by atoms with Crippen molar-refractivity contribution in [1.82, 2.24) is 14.7 Å². The van der Waals surface area contributed by atoms with Gasteiger partial charge in [-0.05, 0) is 44.0 Å². The summed E-state index contributed by atoms with van der Waals surface area (Å²) >= 11 is 0. The number of rotatable bonds is 10. The molecule has 0 spiro atoms. The number of ether oxygens (including phenoxy) is 1. The first-order valence-electron chi connectivity index (χ1n) is 10.2. The third-order valence-electron chi connectivity index (χ3n) is 4.94. The molecule has 168 valence electrons. The number of hydrogen-bond donors (Lipinski definition) is 2. The average Bonchev–Trinajstić information content (AvgIpc) is 3.11. The van der Waals surface area contributed by atoms with Gasteiger partial charge in [0.25, 0.3) is 5.91 Å². The molecule has 0 saturated carbocycles. The van der Waals surface area contributed by atoms with Gasteiger partial charge in [-0.1, -0.05) is 12.5 Å². The third-order valence-corrected chi connectivity index (χ3v) is 4.94. The number of amides is 2. The van der Waals surface area contributed by atoms with Crippen molar-refractivity contribution in [2.24, 2.45) is 0 Å². The number of nitrogens with zero attached hydrogens (tertiary/aromatic N) is 3. The van der Waals surface area contributed by atoms with E-state index in [4.69, 9.17) is 4.74 Å². The Morgan fingerprint density at radius 3 is 2.75 bits per heavy atom. The van der Waals surface area contributed by atoms with Gasteiger partial charge in [0.15, 0.2) is 5.75 Å². The molecule has 2 amide bonds. The van der Waals surface area contributed by atoms with Crippen LogP contribution in [0.3, 0.4) is 0 Å². The van der Waals surface area contributed by atoms with Crippen LogP contribution in [0, 0.1) is 17.0 Å². The average molecular weight is 439 g/mol. The van der Waals surface area contributed by atoms with Crippen molar-refractivity contribution in [2.75, 3.05) is 19.0 Å². The molecule has 32 heavy (non-hydrogen) atoms. The zero-order valence-electron chi connectivity index (χ0n) is 18.0. The Labute approximate surface area is 184 Å². The highest BCUT2D eigenvalue weighted by Crippen LogP contribution is 2.29. The van der Waals surface area contributed by atoms with Crippen LogP contribution < -0.4 is 15.4 Å². The first-order chi connectivity index (χ1) is 15.4. The summed E-state index contributed by atoms with van der Waals surface area (Å²) in [6.07, 6.45) is 4.19. The SMILES string of the molecule is COc1ccc(NC(=O)CCCCCNC(=O)c2c(C)nc3ccccn23)cc1[N+](=O)[O-]. The summed E-state index contributed by atoms with van der Waals surface area (Å²) < 4.78 is 6.71. The number of pyridine rings is 1. The number of benzene rings is 1. The maximum Gasteiger partial charge on any atom is 0.312 e. The van der Waals surface area contributed by atoms with Crippen molar-refractivity contribution in [3.8, 4) is 5.75 Å². The number of nitrogens with one attached hydrogen (secondary N) is 2. The van der Waals surface area contributed by atoms with Gasteiger partial charge in [0, 0.05) is 30.9 Å². The normalized spacial score (nSPS) is 10.7. The number of imidazole rings is 1. The van der Waals surface area contributed by atoms with E-state index in [9.17, 15) is 19.7 Å². The molecular formula is C22H25N5O5. The van der Waals surface area contributed by atoms with Crippen molar-refractivity contribution >= 4 is 28.8 Å². The smallest absolute Gasteiger partial charge is 0.312 e. The monoisotopic (exact) mass is 439 g/mol.